The SMILES string of the molecule is CS(=O)(=O)CCCNC(=O)c1cccc(C(N)=S)c1. The molecule has 0 atom stereocenters. The van der Waals surface area contributed by atoms with Crippen LogP contribution in [-0.2, 0) is 9.84 Å². The zero-order valence-electron chi connectivity index (χ0n) is 10.5. The molecule has 7 heteroatoms. The molecule has 104 valence electrons. The molecule has 0 bridgehead atoms. The Kier molecular flexibility index (Phi) is 5.44. The summed E-state index contributed by atoms with van der Waals surface area (Å²) in [6.07, 6.45) is 1.56. The molecule has 5 nitrogen and oxygen atoms in total. The van der Waals surface area contributed by atoms with Crippen molar-refractivity contribution >= 4 is 33.0 Å². The molecule has 0 fully saturated rings. The van der Waals surface area contributed by atoms with E-state index in [1.165, 1.54) is 6.26 Å². The van der Waals surface area contributed by atoms with E-state index >= 15 is 0 Å². The average molecular weight is 300 g/mol. The quantitative estimate of drug-likeness (QED) is 0.589. The van der Waals surface area contributed by atoms with Gasteiger partial charge in [-0.15, -0.1) is 0 Å². The monoisotopic (exact) mass is 300 g/mol. The first kappa shape index (κ1) is 15.6. The van der Waals surface area contributed by atoms with Crippen molar-refractivity contribution in [3.05, 3.63) is 35.4 Å². The number of hydrogen-bond donors (Lipinski definition) is 2. The third-order valence-corrected chi connectivity index (χ3v) is 3.65. The Balaban J connectivity index is 2.54. The van der Waals surface area contributed by atoms with Gasteiger partial charge in [0.25, 0.3) is 5.91 Å². The molecule has 0 aliphatic heterocycles. The molecular weight excluding hydrogens is 284 g/mol. The van der Waals surface area contributed by atoms with Crippen LogP contribution in [0.3, 0.4) is 0 Å². The van der Waals surface area contributed by atoms with Gasteiger partial charge in [-0.25, -0.2) is 8.42 Å². The van der Waals surface area contributed by atoms with Gasteiger partial charge in [0.1, 0.15) is 14.8 Å². The fourth-order valence-corrected chi connectivity index (χ4v) is 2.25. The lowest BCUT2D eigenvalue weighted by atomic mass is 10.1. The second-order valence-electron chi connectivity index (χ2n) is 4.18. The van der Waals surface area contributed by atoms with Gasteiger partial charge in [-0.2, -0.15) is 0 Å². The van der Waals surface area contributed by atoms with Crippen LogP contribution in [0.5, 0.6) is 0 Å². The highest BCUT2D eigenvalue weighted by atomic mass is 32.2. The minimum Gasteiger partial charge on any atom is -0.389 e. The van der Waals surface area contributed by atoms with E-state index < -0.39 is 9.84 Å². The van der Waals surface area contributed by atoms with Crippen LogP contribution in [0.25, 0.3) is 0 Å². The Bertz CT molecular complexity index is 582. The van der Waals surface area contributed by atoms with Gasteiger partial charge >= 0.3 is 0 Å². The average Bonchev–Trinajstić information content (AvgIpc) is 2.33. The van der Waals surface area contributed by atoms with Crippen molar-refractivity contribution in [2.45, 2.75) is 6.42 Å². The molecular formula is C12H16N2O3S2. The number of rotatable bonds is 6. The molecule has 0 spiro atoms. The largest absolute Gasteiger partial charge is 0.389 e. The topological polar surface area (TPSA) is 89.3 Å². The number of hydrogen-bond acceptors (Lipinski definition) is 4. The van der Waals surface area contributed by atoms with Gasteiger partial charge in [0, 0.05) is 23.9 Å². The van der Waals surface area contributed by atoms with E-state index in [-0.39, 0.29) is 16.6 Å². The smallest absolute Gasteiger partial charge is 0.251 e. The Labute approximate surface area is 118 Å². The molecule has 0 aliphatic carbocycles. The molecule has 1 aromatic carbocycles. The number of amides is 1. The third-order valence-electron chi connectivity index (χ3n) is 2.39. The van der Waals surface area contributed by atoms with Gasteiger partial charge in [0.2, 0.25) is 0 Å². The second kappa shape index (κ2) is 6.63. The maximum absolute atomic E-state index is 11.8. The summed E-state index contributed by atoms with van der Waals surface area (Å²) in [7, 11) is -2.99. The zero-order valence-corrected chi connectivity index (χ0v) is 12.2. The number of nitrogens with one attached hydrogen (secondary N) is 1. The summed E-state index contributed by atoms with van der Waals surface area (Å²) in [4.78, 5) is 12.0. The highest BCUT2D eigenvalue weighted by Crippen LogP contribution is 2.05. The van der Waals surface area contributed by atoms with Crippen molar-refractivity contribution < 1.29 is 13.2 Å². The predicted molar refractivity (Wildman–Crippen MR) is 79.0 cm³/mol. The standard InChI is InChI=1S/C12H16N2O3S2/c1-19(16,17)7-3-6-14-12(15)10-5-2-4-9(8-10)11(13)18/h2,4-5,8H,3,6-7H2,1H3,(H2,13,18)(H,14,15). The van der Waals surface area contributed by atoms with Gasteiger partial charge < -0.3 is 11.1 Å². The van der Waals surface area contributed by atoms with Crippen molar-refractivity contribution in [1.82, 2.24) is 5.32 Å². The molecule has 1 rings (SSSR count). The summed E-state index contributed by atoms with van der Waals surface area (Å²) in [5, 5.41) is 2.65. The van der Waals surface area contributed by atoms with Crippen LogP contribution in [0, 0.1) is 0 Å². The Morgan fingerprint density at radius 2 is 2.00 bits per heavy atom. The van der Waals surface area contributed by atoms with E-state index in [9.17, 15) is 13.2 Å². The van der Waals surface area contributed by atoms with Crippen LogP contribution in [0.15, 0.2) is 24.3 Å². The van der Waals surface area contributed by atoms with E-state index in [1.54, 1.807) is 24.3 Å². The lowest BCUT2D eigenvalue weighted by Crippen LogP contribution is -2.26. The lowest BCUT2D eigenvalue weighted by Gasteiger charge is -2.06. The normalized spacial score (nSPS) is 11.0. The molecule has 0 unspecified atom stereocenters. The fraction of sp³-hybridized carbons (Fsp3) is 0.333. The molecule has 0 saturated carbocycles. The first-order valence-corrected chi connectivity index (χ1v) is 8.12. The molecule has 0 aromatic heterocycles. The molecule has 0 radical (unpaired) electrons. The Morgan fingerprint density at radius 1 is 1.37 bits per heavy atom. The summed E-state index contributed by atoms with van der Waals surface area (Å²) in [5.41, 5.74) is 6.56. The number of benzene rings is 1. The number of sulfone groups is 1. The van der Waals surface area contributed by atoms with Gasteiger partial charge in [-0.3, -0.25) is 4.79 Å². The van der Waals surface area contributed by atoms with Crippen LogP contribution in [0.4, 0.5) is 0 Å². The highest BCUT2D eigenvalue weighted by Gasteiger charge is 2.07. The van der Waals surface area contributed by atoms with Crippen molar-refractivity contribution in [3.63, 3.8) is 0 Å². The van der Waals surface area contributed by atoms with Crippen LogP contribution < -0.4 is 11.1 Å². The molecule has 1 aromatic rings. The summed E-state index contributed by atoms with van der Waals surface area (Å²) >= 11 is 4.83. The van der Waals surface area contributed by atoms with E-state index in [0.717, 1.165) is 0 Å². The molecule has 3 N–H and O–H groups in total. The minimum atomic E-state index is -2.99. The van der Waals surface area contributed by atoms with Gasteiger partial charge in [-0.1, -0.05) is 24.4 Å². The first-order chi connectivity index (χ1) is 8.79. The maximum Gasteiger partial charge on any atom is 0.251 e. The second-order valence-corrected chi connectivity index (χ2v) is 6.88. The van der Waals surface area contributed by atoms with Crippen LogP contribution >= 0.6 is 12.2 Å². The van der Waals surface area contributed by atoms with E-state index in [2.05, 4.69) is 5.32 Å². The van der Waals surface area contributed by atoms with Crippen molar-refractivity contribution in [3.8, 4) is 0 Å². The maximum atomic E-state index is 11.8. The molecule has 0 aliphatic rings. The predicted octanol–water partition coefficient (Wildman–Crippen LogP) is 0.485. The van der Waals surface area contributed by atoms with Crippen molar-refractivity contribution in [2.24, 2.45) is 5.73 Å². The van der Waals surface area contributed by atoms with Crippen LogP contribution in [0.2, 0.25) is 0 Å². The first-order valence-electron chi connectivity index (χ1n) is 5.65. The highest BCUT2D eigenvalue weighted by molar-refractivity contribution is 7.90. The Morgan fingerprint density at radius 3 is 2.58 bits per heavy atom. The van der Waals surface area contributed by atoms with E-state index in [4.69, 9.17) is 18.0 Å². The number of carbonyl (C=O) groups excluding carboxylic acids is 1. The third kappa shape index (κ3) is 5.80. The number of nitrogens with two attached hydrogens (primary N) is 1. The van der Waals surface area contributed by atoms with Crippen LogP contribution in [-0.4, -0.2) is 37.9 Å². The number of carbonyl (C=O) groups is 1. The molecule has 0 heterocycles. The lowest BCUT2D eigenvalue weighted by molar-refractivity contribution is 0.0953. The fourth-order valence-electron chi connectivity index (χ4n) is 1.45. The summed E-state index contributed by atoms with van der Waals surface area (Å²) in [6, 6.07) is 6.67. The summed E-state index contributed by atoms with van der Waals surface area (Å²) in [5.74, 6) is -0.216. The number of thiocarbonyl (C=S) groups is 1. The van der Waals surface area contributed by atoms with Crippen molar-refractivity contribution in [2.75, 3.05) is 18.6 Å². The minimum absolute atomic E-state index is 0.0558. The van der Waals surface area contributed by atoms with Crippen molar-refractivity contribution in [1.29, 1.82) is 0 Å². The van der Waals surface area contributed by atoms with Gasteiger partial charge in [0.15, 0.2) is 0 Å². The van der Waals surface area contributed by atoms with E-state index in [1.807, 2.05) is 0 Å². The van der Waals surface area contributed by atoms with Crippen LogP contribution in [0.1, 0.15) is 22.3 Å². The summed E-state index contributed by atoms with van der Waals surface area (Å²) < 4.78 is 21.8. The van der Waals surface area contributed by atoms with Gasteiger partial charge in [-0.05, 0) is 18.6 Å². The summed E-state index contributed by atoms with van der Waals surface area (Å²) in [6.45, 7) is 0.309. The zero-order chi connectivity index (χ0) is 14.5. The van der Waals surface area contributed by atoms with Gasteiger partial charge in [0.05, 0.1) is 5.75 Å². The molecule has 19 heavy (non-hydrogen) atoms. The van der Waals surface area contributed by atoms with E-state index in [0.29, 0.717) is 24.1 Å². The molecule has 0 saturated heterocycles. The molecule has 1 amide bonds. The Hall–Kier alpha value is -1.47.